The van der Waals surface area contributed by atoms with E-state index in [0.29, 0.717) is 12.6 Å². The van der Waals surface area contributed by atoms with Crippen LogP contribution < -0.4 is 15.4 Å². The number of phenols is 1. The van der Waals surface area contributed by atoms with E-state index in [9.17, 15) is 5.11 Å². The molecule has 2 atom stereocenters. The van der Waals surface area contributed by atoms with Gasteiger partial charge >= 0.3 is 0 Å². The van der Waals surface area contributed by atoms with Crippen LogP contribution in [0.2, 0.25) is 0 Å². The van der Waals surface area contributed by atoms with Gasteiger partial charge in [-0.1, -0.05) is 26.2 Å². The van der Waals surface area contributed by atoms with Crippen molar-refractivity contribution in [1.82, 2.24) is 10.6 Å². The minimum Gasteiger partial charge on any atom is -0.508 e. The number of guanidine groups is 1. The van der Waals surface area contributed by atoms with E-state index in [1.54, 1.807) is 19.2 Å². The monoisotopic (exact) mass is 333 g/mol. The molecule has 0 bridgehead atoms. The van der Waals surface area contributed by atoms with Crippen molar-refractivity contribution in [3.05, 3.63) is 23.8 Å². The Morgan fingerprint density at radius 3 is 2.88 bits per heavy atom. The third kappa shape index (κ3) is 5.32. The number of benzene rings is 1. The van der Waals surface area contributed by atoms with Gasteiger partial charge in [0.1, 0.15) is 11.5 Å². The number of nitrogens with one attached hydrogen (secondary N) is 2. The Kier molecular flexibility index (Phi) is 7.22. The van der Waals surface area contributed by atoms with Gasteiger partial charge in [-0.2, -0.15) is 0 Å². The summed E-state index contributed by atoms with van der Waals surface area (Å²) in [5.74, 6) is 2.62. The van der Waals surface area contributed by atoms with E-state index in [-0.39, 0.29) is 5.75 Å². The molecule has 0 aliphatic heterocycles. The van der Waals surface area contributed by atoms with E-state index in [1.165, 1.54) is 32.1 Å². The number of nitrogens with zero attached hydrogens (tertiary/aromatic N) is 1. The molecule has 1 fully saturated rings. The maximum atomic E-state index is 10.00. The zero-order valence-corrected chi connectivity index (χ0v) is 15.1. The molecule has 0 aromatic heterocycles. The van der Waals surface area contributed by atoms with Crippen molar-refractivity contribution in [1.29, 1.82) is 0 Å². The van der Waals surface area contributed by atoms with Crippen LogP contribution in [-0.4, -0.2) is 30.8 Å². The second-order valence-electron chi connectivity index (χ2n) is 6.47. The Bertz CT molecular complexity index is 545. The molecule has 1 aromatic rings. The normalized spacial score (nSPS) is 21.4. The van der Waals surface area contributed by atoms with Gasteiger partial charge in [0.25, 0.3) is 0 Å². The van der Waals surface area contributed by atoms with E-state index in [1.807, 2.05) is 6.07 Å². The number of aliphatic imine (C=N–C) groups is 1. The Morgan fingerprint density at radius 1 is 1.33 bits per heavy atom. The molecule has 0 heterocycles. The molecule has 3 N–H and O–H groups in total. The fourth-order valence-electron chi connectivity index (χ4n) is 3.29. The number of ether oxygens (including phenoxy) is 1. The summed E-state index contributed by atoms with van der Waals surface area (Å²) in [7, 11) is 1.62. The Morgan fingerprint density at radius 2 is 2.17 bits per heavy atom. The second-order valence-corrected chi connectivity index (χ2v) is 6.47. The molecule has 2 unspecified atom stereocenters. The molecule has 1 saturated carbocycles. The summed E-state index contributed by atoms with van der Waals surface area (Å²) in [5, 5.41) is 16.9. The number of methoxy groups -OCH3 is 1. The van der Waals surface area contributed by atoms with Crippen molar-refractivity contribution >= 4 is 5.96 Å². The van der Waals surface area contributed by atoms with Crippen molar-refractivity contribution < 1.29 is 9.84 Å². The maximum absolute atomic E-state index is 10.00. The number of hydrogen-bond acceptors (Lipinski definition) is 3. The fourth-order valence-corrected chi connectivity index (χ4v) is 3.29. The molecule has 1 aliphatic carbocycles. The molecular weight excluding hydrogens is 302 g/mol. The SMILES string of the molecule is CCNC(=NCc1cc(OC)ccc1O)NC1CCCC(CC)C1. The van der Waals surface area contributed by atoms with E-state index in [0.717, 1.165) is 29.7 Å². The van der Waals surface area contributed by atoms with E-state index in [2.05, 4.69) is 29.5 Å². The van der Waals surface area contributed by atoms with Gasteiger partial charge in [-0.3, -0.25) is 0 Å². The molecular formula is C19H31N3O2. The lowest BCUT2D eigenvalue weighted by Gasteiger charge is -2.30. The number of aromatic hydroxyl groups is 1. The van der Waals surface area contributed by atoms with Crippen LogP contribution in [0, 0.1) is 5.92 Å². The van der Waals surface area contributed by atoms with E-state index in [4.69, 9.17) is 4.74 Å². The molecule has 1 aliphatic rings. The zero-order valence-electron chi connectivity index (χ0n) is 15.1. The molecule has 0 saturated heterocycles. The van der Waals surface area contributed by atoms with Crippen LogP contribution in [-0.2, 0) is 6.54 Å². The quantitative estimate of drug-likeness (QED) is 0.551. The lowest BCUT2D eigenvalue weighted by atomic mass is 9.84. The highest BCUT2D eigenvalue weighted by atomic mass is 16.5. The Labute approximate surface area is 145 Å². The number of hydrogen-bond donors (Lipinski definition) is 3. The summed E-state index contributed by atoms with van der Waals surface area (Å²) in [5.41, 5.74) is 0.765. The zero-order chi connectivity index (χ0) is 17.4. The average Bonchev–Trinajstić information content (AvgIpc) is 2.61. The van der Waals surface area contributed by atoms with Crippen LogP contribution in [0.4, 0.5) is 0 Å². The maximum Gasteiger partial charge on any atom is 0.191 e. The lowest BCUT2D eigenvalue weighted by molar-refractivity contribution is 0.298. The van der Waals surface area contributed by atoms with Gasteiger partial charge in [-0.05, 0) is 43.9 Å². The van der Waals surface area contributed by atoms with Gasteiger partial charge in [-0.25, -0.2) is 4.99 Å². The molecule has 0 amide bonds. The van der Waals surface area contributed by atoms with Gasteiger partial charge in [-0.15, -0.1) is 0 Å². The van der Waals surface area contributed by atoms with Crippen molar-refractivity contribution in [2.75, 3.05) is 13.7 Å². The summed E-state index contributed by atoms with van der Waals surface area (Å²) in [6.45, 7) is 5.58. The number of phenolic OH excluding ortho intramolecular Hbond substituents is 1. The number of rotatable bonds is 6. The third-order valence-corrected chi connectivity index (χ3v) is 4.74. The van der Waals surface area contributed by atoms with Crippen LogP contribution in [0.5, 0.6) is 11.5 Å². The summed E-state index contributed by atoms with van der Waals surface area (Å²) in [6, 6.07) is 5.71. The van der Waals surface area contributed by atoms with Crippen LogP contribution in [0.15, 0.2) is 23.2 Å². The van der Waals surface area contributed by atoms with E-state index >= 15 is 0 Å². The minimum atomic E-state index is 0.249. The molecule has 0 spiro atoms. The van der Waals surface area contributed by atoms with Crippen LogP contribution in [0.1, 0.15) is 51.5 Å². The van der Waals surface area contributed by atoms with Crippen LogP contribution >= 0.6 is 0 Å². The smallest absolute Gasteiger partial charge is 0.191 e. The predicted molar refractivity (Wildman–Crippen MR) is 98.6 cm³/mol. The lowest BCUT2D eigenvalue weighted by Crippen LogP contribution is -2.45. The molecule has 5 nitrogen and oxygen atoms in total. The first-order valence-electron chi connectivity index (χ1n) is 9.07. The summed E-state index contributed by atoms with van der Waals surface area (Å²) in [6.07, 6.45) is 6.30. The second kappa shape index (κ2) is 9.40. The largest absolute Gasteiger partial charge is 0.508 e. The highest BCUT2D eigenvalue weighted by Crippen LogP contribution is 2.26. The van der Waals surface area contributed by atoms with Gasteiger partial charge in [0, 0.05) is 18.2 Å². The predicted octanol–water partition coefficient (Wildman–Crippen LogP) is 3.42. The van der Waals surface area contributed by atoms with E-state index < -0.39 is 0 Å². The van der Waals surface area contributed by atoms with Gasteiger partial charge in [0.05, 0.1) is 13.7 Å². The highest BCUT2D eigenvalue weighted by Gasteiger charge is 2.21. The first-order chi connectivity index (χ1) is 11.7. The average molecular weight is 333 g/mol. The van der Waals surface area contributed by atoms with Gasteiger partial charge in [0.2, 0.25) is 0 Å². The van der Waals surface area contributed by atoms with Crippen molar-refractivity contribution in [2.45, 2.75) is 58.5 Å². The first kappa shape index (κ1) is 18.4. The first-order valence-corrected chi connectivity index (χ1v) is 9.07. The molecule has 24 heavy (non-hydrogen) atoms. The Hall–Kier alpha value is -1.91. The molecule has 1 aromatic carbocycles. The molecule has 5 heteroatoms. The summed E-state index contributed by atoms with van der Waals surface area (Å²) < 4.78 is 5.22. The fraction of sp³-hybridized carbons (Fsp3) is 0.632. The Balaban J connectivity index is 2.02. The van der Waals surface area contributed by atoms with Crippen LogP contribution in [0.25, 0.3) is 0 Å². The van der Waals surface area contributed by atoms with Crippen molar-refractivity contribution in [2.24, 2.45) is 10.9 Å². The minimum absolute atomic E-state index is 0.249. The van der Waals surface area contributed by atoms with Crippen LogP contribution in [0.3, 0.4) is 0 Å². The van der Waals surface area contributed by atoms with Gasteiger partial charge < -0.3 is 20.5 Å². The summed E-state index contributed by atoms with van der Waals surface area (Å²) in [4.78, 5) is 4.64. The third-order valence-electron chi connectivity index (χ3n) is 4.74. The van der Waals surface area contributed by atoms with Crippen molar-refractivity contribution in [3.63, 3.8) is 0 Å². The molecule has 134 valence electrons. The van der Waals surface area contributed by atoms with Gasteiger partial charge in [0.15, 0.2) is 5.96 Å². The molecule has 0 radical (unpaired) electrons. The van der Waals surface area contributed by atoms with Crippen molar-refractivity contribution in [3.8, 4) is 11.5 Å². The standard InChI is InChI=1S/C19H31N3O2/c1-4-14-7-6-8-16(11-14)22-19(20-5-2)21-13-15-12-17(24-3)9-10-18(15)23/h9-10,12,14,16,23H,4-8,11,13H2,1-3H3,(H2,20,21,22). The molecule has 2 rings (SSSR count). The summed E-state index contributed by atoms with van der Waals surface area (Å²) >= 11 is 0. The topological polar surface area (TPSA) is 65.9 Å². The highest BCUT2D eigenvalue weighted by molar-refractivity contribution is 5.80.